The summed E-state index contributed by atoms with van der Waals surface area (Å²) in [4.78, 5) is 18.8. The van der Waals surface area contributed by atoms with E-state index < -0.39 is 0 Å². The number of nitrogens with zero attached hydrogens (tertiary/aromatic N) is 2. The number of hydrogen-bond acceptors (Lipinski definition) is 6. The lowest BCUT2D eigenvalue weighted by Crippen LogP contribution is -2.52. The van der Waals surface area contributed by atoms with E-state index in [0.717, 1.165) is 18.8 Å². The Morgan fingerprint density at radius 2 is 2.19 bits per heavy atom. The zero-order valence-electron chi connectivity index (χ0n) is 14.6. The Morgan fingerprint density at radius 3 is 2.85 bits per heavy atom. The summed E-state index contributed by atoms with van der Waals surface area (Å²) in [5.41, 5.74) is 3.25. The largest absolute Gasteiger partial charge is 0.493 e. The van der Waals surface area contributed by atoms with Gasteiger partial charge in [0.05, 0.1) is 18.3 Å². The molecule has 26 heavy (non-hydrogen) atoms. The number of rotatable bonds is 5. The van der Waals surface area contributed by atoms with Gasteiger partial charge in [0, 0.05) is 36.6 Å². The summed E-state index contributed by atoms with van der Waals surface area (Å²) in [6.07, 6.45) is 0. The van der Waals surface area contributed by atoms with Gasteiger partial charge in [-0.15, -0.1) is 36.2 Å². The number of amides is 1. The molecule has 1 aromatic heterocycles. The molecule has 1 aliphatic heterocycles. The van der Waals surface area contributed by atoms with Crippen molar-refractivity contribution in [2.45, 2.75) is 19.6 Å². The van der Waals surface area contributed by atoms with E-state index in [1.165, 1.54) is 11.3 Å². The van der Waals surface area contributed by atoms with E-state index in [1.54, 1.807) is 30.8 Å². The number of hydrogen-bond donors (Lipinski definition) is 1. The number of benzene rings is 1. The molecule has 1 aromatic carbocycles. The summed E-state index contributed by atoms with van der Waals surface area (Å²) in [6, 6.07) is 5.49. The van der Waals surface area contributed by atoms with Crippen LogP contribution in [0.4, 0.5) is 0 Å². The number of halogens is 2. The quantitative estimate of drug-likeness (QED) is 0.806. The van der Waals surface area contributed by atoms with Crippen LogP contribution in [0.1, 0.15) is 23.0 Å². The summed E-state index contributed by atoms with van der Waals surface area (Å²) >= 11 is 1.53. The predicted molar refractivity (Wildman–Crippen MR) is 107 cm³/mol. The zero-order valence-corrected chi connectivity index (χ0v) is 17.1. The highest BCUT2D eigenvalue weighted by atomic mass is 35.5. The van der Waals surface area contributed by atoms with Gasteiger partial charge >= 0.3 is 0 Å². The first kappa shape index (κ1) is 22.5. The minimum absolute atomic E-state index is 0. The molecule has 9 heteroatoms. The third kappa shape index (κ3) is 5.23. The minimum Gasteiger partial charge on any atom is -0.493 e. The molecule has 1 amide bonds. The van der Waals surface area contributed by atoms with Gasteiger partial charge in [-0.05, 0) is 25.1 Å². The second kappa shape index (κ2) is 10.6. The van der Waals surface area contributed by atoms with Crippen LogP contribution in [0, 0.1) is 0 Å². The number of ether oxygens (including phenoxy) is 2. The second-order valence-electron chi connectivity index (χ2n) is 5.69. The van der Waals surface area contributed by atoms with E-state index >= 15 is 0 Å². The van der Waals surface area contributed by atoms with Crippen molar-refractivity contribution in [2.24, 2.45) is 0 Å². The molecule has 1 N–H and O–H groups in total. The van der Waals surface area contributed by atoms with Gasteiger partial charge in [0.25, 0.3) is 5.91 Å². The van der Waals surface area contributed by atoms with E-state index in [0.29, 0.717) is 30.2 Å². The summed E-state index contributed by atoms with van der Waals surface area (Å²) in [5.74, 6) is 1.18. The molecule has 1 fully saturated rings. The third-order valence-corrected chi connectivity index (χ3v) is 4.67. The second-order valence-corrected chi connectivity index (χ2v) is 6.40. The lowest BCUT2D eigenvalue weighted by atomic mass is 10.1. The van der Waals surface area contributed by atoms with Crippen LogP contribution in [0.5, 0.6) is 11.5 Å². The fraction of sp³-hybridized carbons (Fsp3) is 0.412. The van der Waals surface area contributed by atoms with Crippen molar-refractivity contribution in [1.29, 1.82) is 0 Å². The van der Waals surface area contributed by atoms with Gasteiger partial charge < -0.3 is 19.7 Å². The molecule has 0 saturated carbocycles. The van der Waals surface area contributed by atoms with Crippen LogP contribution in [0.2, 0.25) is 0 Å². The van der Waals surface area contributed by atoms with Crippen LogP contribution in [0.15, 0.2) is 29.1 Å². The van der Waals surface area contributed by atoms with E-state index in [-0.39, 0.29) is 36.8 Å². The van der Waals surface area contributed by atoms with Crippen molar-refractivity contribution in [1.82, 2.24) is 15.2 Å². The van der Waals surface area contributed by atoms with E-state index in [1.807, 2.05) is 17.2 Å². The Bertz CT molecular complexity index is 701. The van der Waals surface area contributed by atoms with Crippen molar-refractivity contribution in [2.75, 3.05) is 26.7 Å². The van der Waals surface area contributed by atoms with Crippen LogP contribution in [0.25, 0.3) is 0 Å². The van der Waals surface area contributed by atoms with Gasteiger partial charge in [0.15, 0.2) is 11.5 Å². The van der Waals surface area contributed by atoms with Crippen LogP contribution in [-0.2, 0) is 6.61 Å². The van der Waals surface area contributed by atoms with Gasteiger partial charge in [0.1, 0.15) is 6.61 Å². The first-order valence-electron chi connectivity index (χ1n) is 7.88. The van der Waals surface area contributed by atoms with E-state index in [4.69, 9.17) is 9.47 Å². The fourth-order valence-electron chi connectivity index (χ4n) is 2.69. The van der Waals surface area contributed by atoms with Crippen LogP contribution in [-0.4, -0.2) is 48.6 Å². The smallest absolute Gasteiger partial charge is 0.254 e. The highest BCUT2D eigenvalue weighted by Gasteiger charge is 2.24. The number of piperazine rings is 1. The van der Waals surface area contributed by atoms with Crippen LogP contribution in [0.3, 0.4) is 0 Å². The van der Waals surface area contributed by atoms with Crippen molar-refractivity contribution in [3.8, 4) is 11.5 Å². The van der Waals surface area contributed by atoms with Crippen molar-refractivity contribution in [3.05, 3.63) is 40.3 Å². The first-order valence-corrected chi connectivity index (χ1v) is 8.83. The number of thiazole rings is 1. The minimum atomic E-state index is 0. The lowest BCUT2D eigenvalue weighted by molar-refractivity contribution is 0.0655. The highest BCUT2D eigenvalue weighted by Crippen LogP contribution is 2.29. The van der Waals surface area contributed by atoms with Gasteiger partial charge in [-0.1, -0.05) is 0 Å². The Balaban J connectivity index is 0.00000169. The average molecular weight is 420 g/mol. The van der Waals surface area contributed by atoms with Crippen LogP contribution >= 0.6 is 36.2 Å². The summed E-state index contributed by atoms with van der Waals surface area (Å²) in [6.45, 7) is 4.78. The monoisotopic (exact) mass is 419 g/mol. The topological polar surface area (TPSA) is 63.7 Å². The number of carbonyl (C=O) groups is 1. The maximum absolute atomic E-state index is 12.7. The maximum Gasteiger partial charge on any atom is 0.254 e. The van der Waals surface area contributed by atoms with Gasteiger partial charge in [0.2, 0.25) is 0 Å². The molecule has 1 saturated heterocycles. The molecule has 2 aromatic rings. The number of aromatic nitrogens is 1. The molecular weight excluding hydrogens is 397 g/mol. The maximum atomic E-state index is 12.7. The molecule has 2 heterocycles. The van der Waals surface area contributed by atoms with E-state index in [9.17, 15) is 4.79 Å². The number of nitrogens with one attached hydrogen (secondary N) is 1. The third-order valence-electron chi connectivity index (χ3n) is 4.03. The molecular formula is C17H23Cl2N3O3S. The van der Waals surface area contributed by atoms with Crippen molar-refractivity contribution < 1.29 is 14.3 Å². The van der Waals surface area contributed by atoms with E-state index in [2.05, 4.69) is 10.3 Å². The normalized spacial score (nSPS) is 16.2. The number of methoxy groups -OCH3 is 1. The molecule has 1 atom stereocenters. The molecule has 0 unspecified atom stereocenters. The molecule has 0 spiro atoms. The molecule has 1 aliphatic rings. The van der Waals surface area contributed by atoms with Gasteiger partial charge in [-0.3, -0.25) is 4.79 Å². The number of carbonyl (C=O) groups excluding carboxylic acids is 1. The van der Waals surface area contributed by atoms with Crippen molar-refractivity contribution >= 4 is 42.1 Å². The molecule has 0 aliphatic carbocycles. The first-order chi connectivity index (χ1) is 11.7. The highest BCUT2D eigenvalue weighted by molar-refractivity contribution is 7.07. The lowest BCUT2D eigenvalue weighted by Gasteiger charge is -2.34. The summed E-state index contributed by atoms with van der Waals surface area (Å²) in [5, 5.41) is 5.23. The Hall–Kier alpha value is -1.54. The Labute approximate surface area is 169 Å². The van der Waals surface area contributed by atoms with Crippen molar-refractivity contribution in [3.63, 3.8) is 0 Å². The SMILES string of the molecule is COc1cc(C(=O)N2CCNC[C@H]2C)ccc1OCc1cscn1.Cl.Cl. The molecule has 3 rings (SSSR count). The molecule has 0 radical (unpaired) electrons. The van der Waals surface area contributed by atoms with Crippen LogP contribution < -0.4 is 14.8 Å². The average Bonchev–Trinajstić information content (AvgIpc) is 3.13. The molecule has 6 nitrogen and oxygen atoms in total. The molecule has 0 bridgehead atoms. The standard InChI is InChI=1S/C17H21N3O3S.2ClH/c1-12-8-18-5-6-20(12)17(21)13-3-4-15(16(7-13)22-2)23-9-14-10-24-11-19-14;;/h3-4,7,10-12,18H,5-6,8-9H2,1-2H3;2*1H/t12-;;/m1../s1. The zero-order chi connectivity index (χ0) is 16.9. The Morgan fingerprint density at radius 1 is 1.38 bits per heavy atom. The van der Waals surface area contributed by atoms with Gasteiger partial charge in [-0.2, -0.15) is 0 Å². The summed E-state index contributed by atoms with van der Waals surface area (Å²) < 4.78 is 11.2. The Kier molecular flexibility index (Phi) is 9.15. The molecule has 144 valence electrons. The summed E-state index contributed by atoms with van der Waals surface area (Å²) in [7, 11) is 1.58. The fourth-order valence-corrected chi connectivity index (χ4v) is 3.23. The van der Waals surface area contributed by atoms with Gasteiger partial charge in [-0.25, -0.2) is 4.98 Å². The predicted octanol–water partition coefficient (Wildman–Crippen LogP) is 3.01.